The topological polar surface area (TPSA) is 87.7 Å². The molecule has 0 aliphatic carbocycles. The Morgan fingerprint density at radius 2 is 2.33 bits per heavy atom. The molecule has 0 aromatic heterocycles. The molecule has 0 saturated heterocycles. The number of fused-ring (bicyclic) bond motifs is 1. The van der Waals surface area contributed by atoms with E-state index in [9.17, 15) is 4.79 Å². The molecule has 0 radical (unpaired) electrons. The van der Waals surface area contributed by atoms with Gasteiger partial charge < -0.3 is 16.3 Å². The molecule has 2 unspecified atom stereocenters. The van der Waals surface area contributed by atoms with Crippen molar-refractivity contribution in [2.45, 2.75) is 23.8 Å². The van der Waals surface area contributed by atoms with E-state index >= 15 is 0 Å². The van der Waals surface area contributed by atoms with Gasteiger partial charge in [0.25, 0.3) is 0 Å². The zero-order valence-corrected chi connectivity index (χ0v) is 10.8. The summed E-state index contributed by atoms with van der Waals surface area (Å²) in [6, 6.07) is 7.40. The van der Waals surface area contributed by atoms with E-state index in [2.05, 4.69) is 10.5 Å². The van der Waals surface area contributed by atoms with Crippen molar-refractivity contribution in [3.63, 3.8) is 0 Å². The molecule has 0 spiro atoms. The second kappa shape index (κ2) is 5.30. The van der Waals surface area contributed by atoms with Gasteiger partial charge in [0, 0.05) is 10.6 Å². The van der Waals surface area contributed by atoms with Crippen molar-refractivity contribution in [1.29, 1.82) is 0 Å². The van der Waals surface area contributed by atoms with Gasteiger partial charge in [0.05, 0.1) is 12.0 Å². The number of nitrogens with one attached hydrogen (secondary N) is 1. The van der Waals surface area contributed by atoms with Gasteiger partial charge in [0.1, 0.15) is 0 Å². The predicted molar refractivity (Wildman–Crippen MR) is 70.9 cm³/mol. The van der Waals surface area contributed by atoms with Crippen molar-refractivity contribution in [3.05, 3.63) is 29.8 Å². The highest BCUT2D eigenvalue weighted by molar-refractivity contribution is 7.99. The van der Waals surface area contributed by atoms with E-state index in [0.29, 0.717) is 0 Å². The Morgan fingerprint density at radius 1 is 1.61 bits per heavy atom. The number of hydrogen-bond donors (Lipinski definition) is 3. The molecule has 1 heterocycles. The molecule has 96 valence electrons. The average Bonchev–Trinajstić information content (AvgIpc) is 2.81. The third kappa shape index (κ3) is 2.43. The summed E-state index contributed by atoms with van der Waals surface area (Å²) in [6.45, 7) is 1.68. The smallest absolute Gasteiger partial charge is 0.229 e. The van der Waals surface area contributed by atoms with Crippen molar-refractivity contribution in [2.24, 2.45) is 10.9 Å². The van der Waals surface area contributed by atoms with Crippen LogP contribution >= 0.6 is 11.8 Å². The normalized spacial score (nSPS) is 20.3. The van der Waals surface area contributed by atoms with Gasteiger partial charge >= 0.3 is 0 Å². The fraction of sp³-hybridized carbons (Fsp3) is 0.333. The van der Waals surface area contributed by atoms with Crippen molar-refractivity contribution in [3.8, 4) is 0 Å². The number of carbonyl (C=O) groups excluding carboxylic acids is 1. The van der Waals surface area contributed by atoms with Gasteiger partial charge in [-0.3, -0.25) is 4.79 Å². The maximum atomic E-state index is 12.1. The summed E-state index contributed by atoms with van der Waals surface area (Å²) in [5.41, 5.74) is 6.49. The number of hydrogen-bond acceptors (Lipinski definition) is 4. The molecular formula is C12H15N3O2S. The lowest BCUT2D eigenvalue weighted by molar-refractivity contribution is -0.122. The zero-order valence-electron chi connectivity index (χ0n) is 9.96. The lowest BCUT2D eigenvalue weighted by atomic mass is 10.0. The van der Waals surface area contributed by atoms with E-state index in [1.165, 1.54) is 0 Å². The summed E-state index contributed by atoms with van der Waals surface area (Å²) >= 11 is 1.67. The van der Waals surface area contributed by atoms with Crippen molar-refractivity contribution >= 4 is 23.5 Å². The Bertz CT molecular complexity index is 490. The SMILES string of the molecule is CC(NC(=O)C1CSc2ccccc21)C(N)=NO. The minimum atomic E-state index is -0.472. The summed E-state index contributed by atoms with van der Waals surface area (Å²) in [5.74, 6) is 0.475. The first-order valence-electron chi connectivity index (χ1n) is 5.63. The van der Waals surface area contributed by atoms with Crippen LogP contribution in [0.4, 0.5) is 0 Å². The number of amidine groups is 1. The first kappa shape index (κ1) is 12.8. The fourth-order valence-corrected chi connectivity index (χ4v) is 3.08. The number of thioether (sulfide) groups is 1. The minimum absolute atomic E-state index is 0.00212. The van der Waals surface area contributed by atoms with Crippen molar-refractivity contribution in [2.75, 3.05) is 5.75 Å². The minimum Gasteiger partial charge on any atom is -0.409 e. The molecule has 4 N–H and O–H groups in total. The van der Waals surface area contributed by atoms with E-state index in [-0.39, 0.29) is 17.7 Å². The van der Waals surface area contributed by atoms with Crippen LogP contribution in [0.5, 0.6) is 0 Å². The Balaban J connectivity index is 2.08. The molecule has 18 heavy (non-hydrogen) atoms. The van der Waals surface area contributed by atoms with Gasteiger partial charge in [0.15, 0.2) is 5.84 Å². The van der Waals surface area contributed by atoms with Crippen LogP contribution in [0.25, 0.3) is 0 Å². The number of oxime groups is 1. The number of benzene rings is 1. The van der Waals surface area contributed by atoms with Crippen LogP contribution < -0.4 is 11.1 Å². The van der Waals surface area contributed by atoms with Gasteiger partial charge in [0.2, 0.25) is 5.91 Å². The molecule has 0 fully saturated rings. The lowest BCUT2D eigenvalue weighted by Gasteiger charge is -2.16. The van der Waals surface area contributed by atoms with Crippen LogP contribution in [0.2, 0.25) is 0 Å². The Labute approximate surface area is 109 Å². The average molecular weight is 265 g/mol. The summed E-state index contributed by atoms with van der Waals surface area (Å²) < 4.78 is 0. The molecule has 1 aliphatic heterocycles. The third-order valence-corrected chi connectivity index (χ3v) is 4.12. The summed E-state index contributed by atoms with van der Waals surface area (Å²) in [7, 11) is 0. The summed E-state index contributed by atoms with van der Waals surface area (Å²) in [6.07, 6.45) is 0. The molecule has 6 heteroatoms. The van der Waals surface area contributed by atoms with Crippen LogP contribution in [0.3, 0.4) is 0 Å². The first-order valence-corrected chi connectivity index (χ1v) is 6.61. The molecule has 2 atom stereocenters. The number of amides is 1. The molecule has 1 amide bonds. The largest absolute Gasteiger partial charge is 0.409 e. The standard InChI is InChI=1S/C12H15N3O2S/c1-7(11(13)15-17)14-12(16)9-6-18-10-5-3-2-4-8(9)10/h2-5,7,9,17H,6H2,1H3,(H2,13,15)(H,14,16). The Kier molecular flexibility index (Phi) is 3.76. The number of carbonyl (C=O) groups is 1. The number of nitrogens with zero attached hydrogens (tertiary/aromatic N) is 1. The second-order valence-corrected chi connectivity index (χ2v) is 5.22. The van der Waals surface area contributed by atoms with Gasteiger partial charge in [-0.25, -0.2) is 0 Å². The van der Waals surface area contributed by atoms with Crippen LogP contribution in [-0.4, -0.2) is 28.7 Å². The zero-order chi connectivity index (χ0) is 13.1. The molecule has 1 aromatic carbocycles. The first-order chi connectivity index (χ1) is 8.63. The van der Waals surface area contributed by atoms with E-state index in [1.54, 1.807) is 18.7 Å². The van der Waals surface area contributed by atoms with E-state index in [1.807, 2.05) is 24.3 Å². The number of rotatable bonds is 3. The molecule has 1 aliphatic rings. The molecule has 5 nitrogen and oxygen atoms in total. The maximum absolute atomic E-state index is 12.1. The van der Waals surface area contributed by atoms with Crippen molar-refractivity contribution < 1.29 is 10.0 Å². The molecule has 0 saturated carbocycles. The monoisotopic (exact) mass is 265 g/mol. The Hall–Kier alpha value is -1.69. The fourth-order valence-electron chi connectivity index (χ4n) is 1.85. The number of nitrogens with two attached hydrogens (primary N) is 1. The molecule has 2 rings (SSSR count). The van der Waals surface area contributed by atoms with Crippen LogP contribution in [0.1, 0.15) is 18.4 Å². The van der Waals surface area contributed by atoms with Crippen molar-refractivity contribution in [1.82, 2.24) is 5.32 Å². The lowest BCUT2D eigenvalue weighted by Crippen LogP contribution is -2.44. The summed E-state index contributed by atoms with van der Waals surface area (Å²) in [5, 5.41) is 14.2. The highest BCUT2D eigenvalue weighted by Gasteiger charge is 2.29. The highest BCUT2D eigenvalue weighted by atomic mass is 32.2. The maximum Gasteiger partial charge on any atom is 0.229 e. The van der Waals surface area contributed by atoms with E-state index in [0.717, 1.165) is 16.2 Å². The van der Waals surface area contributed by atoms with Gasteiger partial charge in [-0.1, -0.05) is 23.4 Å². The molecule has 1 aromatic rings. The Morgan fingerprint density at radius 3 is 3.06 bits per heavy atom. The molecule has 0 bridgehead atoms. The molecular weight excluding hydrogens is 250 g/mol. The van der Waals surface area contributed by atoms with E-state index < -0.39 is 6.04 Å². The third-order valence-electron chi connectivity index (χ3n) is 2.93. The van der Waals surface area contributed by atoms with Crippen LogP contribution in [0, 0.1) is 0 Å². The quantitative estimate of drug-likeness (QED) is 0.331. The second-order valence-electron chi connectivity index (χ2n) is 4.16. The van der Waals surface area contributed by atoms with Gasteiger partial charge in [-0.05, 0) is 18.6 Å². The highest BCUT2D eigenvalue weighted by Crippen LogP contribution is 2.39. The summed E-state index contributed by atoms with van der Waals surface area (Å²) in [4.78, 5) is 13.3. The van der Waals surface area contributed by atoms with E-state index in [4.69, 9.17) is 10.9 Å². The predicted octanol–water partition coefficient (Wildman–Crippen LogP) is 1.13. The van der Waals surface area contributed by atoms with Crippen LogP contribution in [-0.2, 0) is 4.79 Å². The van der Waals surface area contributed by atoms with Gasteiger partial charge in [-0.15, -0.1) is 11.8 Å². The van der Waals surface area contributed by atoms with Crippen LogP contribution in [0.15, 0.2) is 34.3 Å². The van der Waals surface area contributed by atoms with Gasteiger partial charge in [-0.2, -0.15) is 0 Å².